The molecule has 66 valence electrons. The summed E-state index contributed by atoms with van der Waals surface area (Å²) in [5.74, 6) is 0.807. The van der Waals surface area contributed by atoms with Crippen molar-refractivity contribution in [2.75, 3.05) is 6.61 Å². The highest BCUT2D eigenvalue weighted by molar-refractivity contribution is 4.69. The predicted molar refractivity (Wildman–Crippen MR) is 47.7 cm³/mol. The Hall–Kier alpha value is -0.0400. The van der Waals surface area contributed by atoms with Gasteiger partial charge in [0.25, 0.3) is 0 Å². The first kappa shape index (κ1) is 9.05. The number of hydrogen-bond acceptors (Lipinski definition) is 1. The molecule has 0 aromatic rings. The normalized spacial score (nSPS) is 31.1. The molecule has 0 bridgehead atoms. The van der Waals surface area contributed by atoms with Gasteiger partial charge in [-0.1, -0.05) is 33.1 Å². The van der Waals surface area contributed by atoms with Crippen LogP contribution in [0, 0.1) is 5.92 Å². The first-order valence-corrected chi connectivity index (χ1v) is 4.94. The second kappa shape index (κ2) is 4.76. The number of rotatable bonds is 4. The highest BCUT2D eigenvalue weighted by atomic mass is 16.5. The van der Waals surface area contributed by atoms with Crippen LogP contribution in [0.25, 0.3) is 0 Å². The molecule has 1 fully saturated rings. The Bertz CT molecular complexity index is 101. The van der Waals surface area contributed by atoms with Gasteiger partial charge in [-0.05, 0) is 18.8 Å². The minimum atomic E-state index is 0.594. The molecule has 1 rings (SSSR count). The van der Waals surface area contributed by atoms with Crippen molar-refractivity contribution >= 4 is 0 Å². The Morgan fingerprint density at radius 2 is 2.18 bits per heavy atom. The summed E-state index contributed by atoms with van der Waals surface area (Å²) in [6.07, 6.45) is 7.23. The Morgan fingerprint density at radius 1 is 1.36 bits per heavy atom. The second-order valence-electron chi connectivity index (χ2n) is 3.79. The molecule has 0 radical (unpaired) electrons. The van der Waals surface area contributed by atoms with Crippen molar-refractivity contribution in [2.24, 2.45) is 5.92 Å². The van der Waals surface area contributed by atoms with Gasteiger partial charge < -0.3 is 4.74 Å². The molecule has 0 aromatic carbocycles. The van der Waals surface area contributed by atoms with Crippen molar-refractivity contribution in [2.45, 2.75) is 52.1 Å². The molecule has 0 saturated carbocycles. The molecule has 0 aromatic heterocycles. The van der Waals surface area contributed by atoms with Crippen molar-refractivity contribution < 1.29 is 4.74 Å². The van der Waals surface area contributed by atoms with Gasteiger partial charge in [0.1, 0.15) is 0 Å². The molecule has 1 heteroatoms. The van der Waals surface area contributed by atoms with Gasteiger partial charge in [-0.3, -0.25) is 0 Å². The highest BCUT2D eigenvalue weighted by Gasteiger charge is 2.20. The van der Waals surface area contributed by atoms with Crippen LogP contribution < -0.4 is 0 Å². The van der Waals surface area contributed by atoms with Crippen molar-refractivity contribution in [3.05, 3.63) is 0 Å². The van der Waals surface area contributed by atoms with Crippen molar-refractivity contribution in [1.29, 1.82) is 0 Å². The van der Waals surface area contributed by atoms with Gasteiger partial charge in [-0.25, -0.2) is 0 Å². The van der Waals surface area contributed by atoms with Crippen LogP contribution in [0.2, 0.25) is 0 Å². The topological polar surface area (TPSA) is 9.23 Å². The van der Waals surface area contributed by atoms with Crippen LogP contribution in [-0.2, 0) is 4.74 Å². The molecule has 1 aliphatic heterocycles. The fourth-order valence-corrected chi connectivity index (χ4v) is 1.71. The average molecular weight is 156 g/mol. The summed E-state index contributed by atoms with van der Waals surface area (Å²) >= 11 is 0. The van der Waals surface area contributed by atoms with Crippen LogP contribution in [0.1, 0.15) is 46.0 Å². The van der Waals surface area contributed by atoms with E-state index >= 15 is 0 Å². The third-order valence-corrected chi connectivity index (χ3v) is 2.41. The van der Waals surface area contributed by atoms with Crippen molar-refractivity contribution in [1.82, 2.24) is 0 Å². The number of unbranched alkanes of at least 4 members (excludes halogenated alkanes) is 2. The van der Waals surface area contributed by atoms with Crippen LogP contribution in [0.3, 0.4) is 0 Å². The molecule has 0 N–H and O–H groups in total. The molecule has 1 aliphatic rings. The van der Waals surface area contributed by atoms with E-state index in [-0.39, 0.29) is 0 Å². The fraction of sp³-hybridized carbons (Fsp3) is 1.00. The van der Waals surface area contributed by atoms with Crippen molar-refractivity contribution in [3.63, 3.8) is 0 Å². The van der Waals surface area contributed by atoms with E-state index in [9.17, 15) is 0 Å². The fourth-order valence-electron chi connectivity index (χ4n) is 1.71. The monoisotopic (exact) mass is 156 g/mol. The zero-order chi connectivity index (χ0) is 8.10. The largest absolute Gasteiger partial charge is 0.378 e. The number of ether oxygens (including phenoxy) is 1. The predicted octanol–water partition coefficient (Wildman–Crippen LogP) is 2.99. The summed E-state index contributed by atoms with van der Waals surface area (Å²) in [4.78, 5) is 0. The summed E-state index contributed by atoms with van der Waals surface area (Å²) in [7, 11) is 0. The zero-order valence-corrected chi connectivity index (χ0v) is 7.81. The van der Waals surface area contributed by atoms with Crippen LogP contribution >= 0.6 is 0 Å². The lowest BCUT2D eigenvalue weighted by molar-refractivity contribution is 0.0987. The number of hydrogen-bond donors (Lipinski definition) is 0. The average Bonchev–Trinajstić information content (AvgIpc) is 2.37. The molecular formula is C10H20O. The Morgan fingerprint density at radius 3 is 2.73 bits per heavy atom. The van der Waals surface area contributed by atoms with E-state index < -0.39 is 0 Å². The van der Waals surface area contributed by atoms with E-state index in [1.807, 2.05) is 0 Å². The van der Waals surface area contributed by atoms with Crippen LogP contribution in [0.5, 0.6) is 0 Å². The third-order valence-electron chi connectivity index (χ3n) is 2.41. The second-order valence-corrected chi connectivity index (χ2v) is 3.79. The molecule has 1 nitrogen and oxygen atoms in total. The van der Waals surface area contributed by atoms with Gasteiger partial charge in [0.15, 0.2) is 0 Å². The van der Waals surface area contributed by atoms with E-state index in [4.69, 9.17) is 4.74 Å². The van der Waals surface area contributed by atoms with Gasteiger partial charge in [0.2, 0.25) is 0 Å². The summed E-state index contributed by atoms with van der Waals surface area (Å²) in [5.41, 5.74) is 0. The highest BCUT2D eigenvalue weighted by Crippen LogP contribution is 2.22. The van der Waals surface area contributed by atoms with E-state index in [1.54, 1.807) is 0 Å². The van der Waals surface area contributed by atoms with Gasteiger partial charge in [0.05, 0.1) is 6.10 Å². The quantitative estimate of drug-likeness (QED) is 0.568. The van der Waals surface area contributed by atoms with Crippen LogP contribution in [0.15, 0.2) is 0 Å². The maximum absolute atomic E-state index is 5.61. The van der Waals surface area contributed by atoms with E-state index in [0.29, 0.717) is 6.10 Å². The van der Waals surface area contributed by atoms with Crippen LogP contribution in [0.4, 0.5) is 0 Å². The van der Waals surface area contributed by atoms with Crippen molar-refractivity contribution in [3.8, 4) is 0 Å². The molecule has 0 aliphatic carbocycles. The molecule has 11 heavy (non-hydrogen) atoms. The van der Waals surface area contributed by atoms with Gasteiger partial charge in [0, 0.05) is 6.61 Å². The molecule has 0 spiro atoms. The smallest absolute Gasteiger partial charge is 0.0578 e. The first-order chi connectivity index (χ1) is 5.33. The lowest BCUT2D eigenvalue weighted by atomic mass is 10.0. The zero-order valence-electron chi connectivity index (χ0n) is 7.81. The molecule has 1 saturated heterocycles. The van der Waals surface area contributed by atoms with Crippen LogP contribution in [-0.4, -0.2) is 12.7 Å². The summed E-state index contributed by atoms with van der Waals surface area (Å²) in [5, 5.41) is 0. The van der Waals surface area contributed by atoms with Gasteiger partial charge >= 0.3 is 0 Å². The van der Waals surface area contributed by atoms with E-state index in [1.165, 1.54) is 32.1 Å². The van der Waals surface area contributed by atoms with Gasteiger partial charge in [-0.2, -0.15) is 0 Å². The SMILES string of the molecule is CCCCC[C@H]1C[C@@H](C)CO1. The summed E-state index contributed by atoms with van der Waals surface area (Å²) in [6, 6.07) is 0. The van der Waals surface area contributed by atoms with E-state index in [2.05, 4.69) is 13.8 Å². The summed E-state index contributed by atoms with van der Waals surface area (Å²) in [6.45, 7) is 5.52. The lowest BCUT2D eigenvalue weighted by Crippen LogP contribution is -2.03. The standard InChI is InChI=1S/C10H20O/c1-3-4-5-6-10-7-9(2)8-11-10/h9-10H,3-8H2,1-2H3/t9-,10+/m1/s1. The van der Waals surface area contributed by atoms with Gasteiger partial charge in [-0.15, -0.1) is 0 Å². The lowest BCUT2D eigenvalue weighted by Gasteiger charge is -2.07. The molecular weight excluding hydrogens is 136 g/mol. The maximum Gasteiger partial charge on any atom is 0.0578 e. The minimum absolute atomic E-state index is 0.594. The Kier molecular flexibility index (Phi) is 3.92. The minimum Gasteiger partial charge on any atom is -0.378 e. The molecule has 0 amide bonds. The molecule has 0 unspecified atom stereocenters. The first-order valence-electron chi connectivity index (χ1n) is 4.94. The van der Waals surface area contributed by atoms with E-state index in [0.717, 1.165) is 12.5 Å². The Labute approximate surface area is 70.1 Å². The molecule has 1 heterocycles. The summed E-state index contributed by atoms with van der Waals surface area (Å²) < 4.78 is 5.61. The molecule has 2 atom stereocenters. The Balaban J connectivity index is 1.99. The maximum atomic E-state index is 5.61. The third kappa shape index (κ3) is 3.24.